The summed E-state index contributed by atoms with van der Waals surface area (Å²) >= 11 is 0. The van der Waals surface area contributed by atoms with Crippen molar-refractivity contribution in [2.75, 3.05) is 42.5 Å². The molecule has 0 spiro atoms. The van der Waals surface area contributed by atoms with Crippen LogP contribution in [0.2, 0.25) is 0 Å². The summed E-state index contributed by atoms with van der Waals surface area (Å²) in [5.41, 5.74) is 0.848. The van der Waals surface area contributed by atoms with Gasteiger partial charge in [0.2, 0.25) is 10.0 Å². The van der Waals surface area contributed by atoms with Crippen LogP contribution in [0.15, 0.2) is 18.2 Å². The van der Waals surface area contributed by atoms with Crippen LogP contribution in [-0.4, -0.2) is 57.9 Å². The average molecular weight is 429 g/mol. The summed E-state index contributed by atoms with van der Waals surface area (Å²) in [4.78, 5) is 14.7. The van der Waals surface area contributed by atoms with Gasteiger partial charge in [-0.2, -0.15) is 0 Å². The fourth-order valence-electron chi connectivity index (χ4n) is 3.12. The van der Waals surface area contributed by atoms with E-state index in [4.69, 9.17) is 4.74 Å². The SMILES string of the molecule is CCN(CC)C(CNC(=O)Nc1ccc(NS(=O)(=O)CC)c(OC)c1)CC(C)C. The van der Waals surface area contributed by atoms with Gasteiger partial charge in [0, 0.05) is 24.3 Å². The van der Waals surface area contributed by atoms with Crippen LogP contribution in [0.3, 0.4) is 0 Å². The van der Waals surface area contributed by atoms with Crippen molar-refractivity contribution in [2.45, 2.75) is 47.1 Å². The number of likely N-dealkylation sites (N-methyl/N-ethyl adjacent to an activating group) is 1. The van der Waals surface area contributed by atoms with E-state index in [1.165, 1.54) is 7.11 Å². The van der Waals surface area contributed by atoms with Crippen LogP contribution in [0.5, 0.6) is 5.75 Å². The number of carbonyl (C=O) groups is 1. The topological polar surface area (TPSA) is 99.8 Å². The number of anilines is 2. The normalized spacial score (nSPS) is 12.7. The predicted octanol–water partition coefficient (Wildman–Crippen LogP) is 3.33. The lowest BCUT2D eigenvalue weighted by atomic mass is 10.0. The first-order valence-corrected chi connectivity index (χ1v) is 11.8. The highest BCUT2D eigenvalue weighted by atomic mass is 32.2. The van der Waals surface area contributed by atoms with E-state index in [-0.39, 0.29) is 17.8 Å². The number of sulfonamides is 1. The van der Waals surface area contributed by atoms with Gasteiger partial charge < -0.3 is 15.4 Å². The van der Waals surface area contributed by atoms with Crippen LogP contribution < -0.4 is 20.1 Å². The largest absolute Gasteiger partial charge is 0.494 e. The van der Waals surface area contributed by atoms with Crippen molar-refractivity contribution in [3.63, 3.8) is 0 Å². The highest BCUT2D eigenvalue weighted by Crippen LogP contribution is 2.28. The van der Waals surface area contributed by atoms with Crippen LogP contribution in [0.4, 0.5) is 16.2 Å². The van der Waals surface area contributed by atoms with Gasteiger partial charge in [-0.3, -0.25) is 9.62 Å². The zero-order chi connectivity index (χ0) is 22.0. The molecule has 8 nitrogen and oxygen atoms in total. The second-order valence-corrected chi connectivity index (χ2v) is 9.27. The van der Waals surface area contributed by atoms with Gasteiger partial charge >= 0.3 is 6.03 Å². The fourth-order valence-corrected chi connectivity index (χ4v) is 3.77. The number of hydrogen-bond acceptors (Lipinski definition) is 5. The van der Waals surface area contributed by atoms with Gasteiger partial charge in [0.15, 0.2) is 0 Å². The van der Waals surface area contributed by atoms with E-state index >= 15 is 0 Å². The number of rotatable bonds is 12. The first-order valence-electron chi connectivity index (χ1n) is 10.1. The molecule has 0 aliphatic rings. The van der Waals surface area contributed by atoms with E-state index in [2.05, 4.69) is 48.0 Å². The van der Waals surface area contributed by atoms with Crippen LogP contribution in [0.1, 0.15) is 41.0 Å². The Morgan fingerprint density at radius 3 is 2.34 bits per heavy atom. The molecule has 1 rings (SSSR count). The Labute approximate surface area is 175 Å². The summed E-state index contributed by atoms with van der Waals surface area (Å²) in [6.07, 6.45) is 1.00. The van der Waals surface area contributed by atoms with Crippen LogP contribution >= 0.6 is 0 Å². The standard InChI is InChI=1S/C20H36N4O4S/c1-7-24(8-2)17(12-15(4)5)14-21-20(25)22-16-10-11-18(19(13-16)28-6)23-29(26,27)9-3/h10-11,13,15,17,23H,7-9,12,14H2,1-6H3,(H2,21,22,25). The lowest BCUT2D eigenvalue weighted by Crippen LogP contribution is -2.45. The number of benzene rings is 1. The molecular formula is C20H36N4O4S. The fraction of sp³-hybridized carbons (Fsp3) is 0.650. The number of hydrogen-bond donors (Lipinski definition) is 3. The Kier molecular flexibility index (Phi) is 10.2. The van der Waals surface area contributed by atoms with Crippen LogP contribution in [0, 0.1) is 5.92 Å². The van der Waals surface area contributed by atoms with Gasteiger partial charge in [-0.25, -0.2) is 13.2 Å². The zero-order valence-corrected chi connectivity index (χ0v) is 19.2. The molecule has 9 heteroatoms. The van der Waals surface area contributed by atoms with Gasteiger partial charge in [-0.05, 0) is 44.5 Å². The summed E-state index contributed by atoms with van der Waals surface area (Å²) < 4.78 is 31.3. The Hall–Kier alpha value is -2.00. The first kappa shape index (κ1) is 25.0. The second-order valence-electron chi connectivity index (χ2n) is 7.26. The van der Waals surface area contributed by atoms with Crippen molar-refractivity contribution >= 4 is 27.4 Å². The number of ether oxygens (including phenoxy) is 1. The van der Waals surface area contributed by atoms with E-state index in [1.54, 1.807) is 25.1 Å². The minimum absolute atomic E-state index is 0.0390. The molecule has 0 fully saturated rings. The molecule has 0 aliphatic heterocycles. The molecule has 0 bridgehead atoms. The number of urea groups is 1. The second kappa shape index (κ2) is 11.9. The Morgan fingerprint density at radius 1 is 1.17 bits per heavy atom. The average Bonchev–Trinajstić information content (AvgIpc) is 2.67. The Balaban J connectivity index is 2.78. The number of amides is 2. The van der Waals surface area contributed by atoms with Gasteiger partial charge in [0.05, 0.1) is 18.6 Å². The molecule has 29 heavy (non-hydrogen) atoms. The quantitative estimate of drug-likeness (QED) is 0.474. The minimum Gasteiger partial charge on any atom is -0.494 e. The van der Waals surface area contributed by atoms with E-state index < -0.39 is 10.0 Å². The van der Waals surface area contributed by atoms with Crippen molar-refractivity contribution in [3.8, 4) is 5.75 Å². The van der Waals surface area contributed by atoms with Crippen molar-refractivity contribution in [1.82, 2.24) is 10.2 Å². The van der Waals surface area contributed by atoms with E-state index in [0.717, 1.165) is 19.5 Å². The first-order chi connectivity index (χ1) is 13.6. The molecule has 1 aromatic carbocycles. The van der Waals surface area contributed by atoms with Crippen molar-refractivity contribution in [3.05, 3.63) is 18.2 Å². The third-order valence-corrected chi connectivity index (χ3v) is 5.97. The van der Waals surface area contributed by atoms with E-state index in [1.807, 2.05) is 0 Å². The molecule has 166 valence electrons. The Morgan fingerprint density at radius 2 is 1.83 bits per heavy atom. The lowest BCUT2D eigenvalue weighted by molar-refractivity contribution is 0.186. The molecule has 1 unspecified atom stereocenters. The summed E-state index contributed by atoms with van der Waals surface area (Å²) in [5.74, 6) is 0.831. The van der Waals surface area contributed by atoms with Gasteiger partial charge in [0.1, 0.15) is 5.75 Å². The molecule has 1 aromatic rings. The minimum atomic E-state index is -3.42. The third-order valence-electron chi connectivity index (χ3n) is 4.68. The van der Waals surface area contributed by atoms with Gasteiger partial charge in [-0.15, -0.1) is 0 Å². The van der Waals surface area contributed by atoms with E-state index in [0.29, 0.717) is 29.6 Å². The molecule has 1 atom stereocenters. The highest BCUT2D eigenvalue weighted by molar-refractivity contribution is 7.92. The number of nitrogens with zero attached hydrogens (tertiary/aromatic N) is 1. The monoisotopic (exact) mass is 428 g/mol. The molecule has 0 saturated carbocycles. The van der Waals surface area contributed by atoms with Crippen LogP contribution in [0.25, 0.3) is 0 Å². The molecule has 0 aromatic heterocycles. The number of methoxy groups -OCH3 is 1. The summed E-state index contributed by atoms with van der Waals surface area (Å²) in [7, 11) is -1.97. The number of carbonyl (C=O) groups excluding carboxylic acids is 1. The molecular weight excluding hydrogens is 392 g/mol. The maximum Gasteiger partial charge on any atom is 0.319 e. The van der Waals surface area contributed by atoms with Crippen molar-refractivity contribution in [2.24, 2.45) is 5.92 Å². The molecule has 2 amide bonds. The maximum absolute atomic E-state index is 12.4. The summed E-state index contributed by atoms with van der Waals surface area (Å²) in [5, 5.41) is 5.72. The third kappa shape index (κ3) is 8.49. The molecule has 0 aliphatic carbocycles. The van der Waals surface area contributed by atoms with E-state index in [9.17, 15) is 13.2 Å². The van der Waals surface area contributed by atoms with Gasteiger partial charge in [-0.1, -0.05) is 27.7 Å². The molecule has 0 radical (unpaired) electrons. The van der Waals surface area contributed by atoms with Crippen molar-refractivity contribution < 1.29 is 17.9 Å². The summed E-state index contributed by atoms with van der Waals surface area (Å²) in [6.45, 7) is 12.6. The Bertz CT molecular complexity index is 749. The molecule has 0 saturated heterocycles. The van der Waals surface area contributed by atoms with Gasteiger partial charge in [0.25, 0.3) is 0 Å². The van der Waals surface area contributed by atoms with Crippen LogP contribution in [-0.2, 0) is 10.0 Å². The highest BCUT2D eigenvalue weighted by Gasteiger charge is 2.18. The number of nitrogens with one attached hydrogen (secondary N) is 3. The molecule has 3 N–H and O–H groups in total. The predicted molar refractivity (Wildman–Crippen MR) is 119 cm³/mol. The smallest absolute Gasteiger partial charge is 0.319 e. The van der Waals surface area contributed by atoms with Crippen molar-refractivity contribution in [1.29, 1.82) is 0 Å². The zero-order valence-electron chi connectivity index (χ0n) is 18.4. The molecule has 0 heterocycles. The maximum atomic E-state index is 12.4. The lowest BCUT2D eigenvalue weighted by Gasteiger charge is -2.31. The summed E-state index contributed by atoms with van der Waals surface area (Å²) in [6, 6.07) is 4.75.